The second kappa shape index (κ2) is 14.5. The van der Waals surface area contributed by atoms with Crippen molar-refractivity contribution in [2.45, 2.75) is 120 Å². The van der Waals surface area contributed by atoms with E-state index >= 15 is 0 Å². The summed E-state index contributed by atoms with van der Waals surface area (Å²) in [6.07, 6.45) is 2.74. The van der Waals surface area contributed by atoms with Crippen molar-refractivity contribution in [2.75, 3.05) is 13.1 Å². The summed E-state index contributed by atoms with van der Waals surface area (Å²) in [6.45, 7) is -0.452. The number of hydrogen-bond acceptors (Lipinski definition) is 7. The molecule has 2 aliphatic carbocycles. The molecule has 5 aliphatic rings. The number of carbonyl (C=O) groups excluding carboxylic acids is 4. The summed E-state index contributed by atoms with van der Waals surface area (Å²) in [7, 11) is 0. The molecule has 4 amide bonds. The zero-order valence-electron chi connectivity index (χ0n) is 27.7. The molecule has 6 rings (SSSR count). The Morgan fingerprint density at radius 3 is 2.50 bits per heavy atom. The number of carboxylic acids is 1. The summed E-state index contributed by atoms with van der Waals surface area (Å²) in [5, 5.41) is 15.4. The zero-order valence-corrected chi connectivity index (χ0v) is 27.7. The number of allylic oxidation sites excluding steroid dienone is 1. The maximum Gasteiger partial charge on any atom is 0.416 e. The van der Waals surface area contributed by atoms with Crippen LogP contribution in [0.25, 0.3) is 0 Å². The first-order valence-electron chi connectivity index (χ1n) is 17.5. The number of fused-ring (bicyclic) bond motifs is 3. The first-order valence-corrected chi connectivity index (χ1v) is 17.5. The number of amides is 4. The molecule has 3 heterocycles. The SMILES string of the molecule is O=C(N[C@H]1CCCCC/C=C\[C@@H]2C[C@@]2(C(=O)O)NC(=O)[C@@H]2C[C@@H](OC(=O)N3CCc4cccc(C(F)(F)F)c4C3)CN2C1=O)OC1CCCC1. The summed E-state index contributed by atoms with van der Waals surface area (Å²) in [6, 6.07) is 1.61. The molecule has 12 nitrogen and oxygen atoms in total. The van der Waals surface area contributed by atoms with Crippen molar-refractivity contribution >= 4 is 30.0 Å². The van der Waals surface area contributed by atoms with Crippen LogP contribution in [0.3, 0.4) is 0 Å². The standard InChI is InChI=1S/C35H43F3N4O8/c36-35(37,38)26-13-8-9-21-15-16-41(20-25(21)26)33(48)50-24-17-28-29(43)40-34(31(45)46)18-22(34)10-4-2-1-3-5-14-27(30(44)42(28)19-24)39-32(47)49-23-11-6-7-12-23/h4,8-10,13,22-24,27-28H,1-3,5-7,11-12,14-20H2,(H,39,47)(H,40,43)(H,45,46)/b10-4-/t22-,24-,27+,28+,34-/m1/s1. The van der Waals surface area contributed by atoms with E-state index in [4.69, 9.17) is 9.47 Å². The maximum atomic E-state index is 14.2. The number of carbonyl (C=O) groups is 5. The normalized spacial score (nSPS) is 29.7. The summed E-state index contributed by atoms with van der Waals surface area (Å²) < 4.78 is 52.5. The van der Waals surface area contributed by atoms with Crippen molar-refractivity contribution in [3.8, 4) is 0 Å². The molecular weight excluding hydrogens is 661 g/mol. The van der Waals surface area contributed by atoms with Crippen LogP contribution in [0.2, 0.25) is 0 Å². The lowest BCUT2D eigenvalue weighted by molar-refractivity contribution is -0.145. The fraction of sp³-hybridized carbons (Fsp3) is 0.629. The third kappa shape index (κ3) is 7.70. The molecule has 3 aliphatic heterocycles. The quantitative estimate of drug-likeness (QED) is 0.382. The first-order chi connectivity index (χ1) is 23.9. The summed E-state index contributed by atoms with van der Waals surface area (Å²) in [5.41, 5.74) is -1.89. The minimum atomic E-state index is -4.61. The van der Waals surface area contributed by atoms with Gasteiger partial charge in [0.15, 0.2) is 0 Å². The molecule has 1 aromatic rings. The fourth-order valence-electron chi connectivity index (χ4n) is 7.70. The van der Waals surface area contributed by atoms with E-state index in [0.717, 1.165) is 44.6 Å². The third-order valence-electron chi connectivity index (χ3n) is 10.6. The Labute approximate surface area is 287 Å². The Hall–Kier alpha value is -4.30. The molecule has 5 atom stereocenters. The van der Waals surface area contributed by atoms with Crippen LogP contribution in [0.4, 0.5) is 22.8 Å². The van der Waals surface area contributed by atoms with E-state index in [1.807, 2.05) is 6.08 Å². The van der Waals surface area contributed by atoms with E-state index < -0.39 is 71.4 Å². The second-order valence-corrected chi connectivity index (χ2v) is 14.0. The van der Waals surface area contributed by atoms with Gasteiger partial charge in [-0.3, -0.25) is 9.59 Å². The molecule has 0 radical (unpaired) electrons. The molecule has 2 saturated carbocycles. The number of hydrogen-bond donors (Lipinski definition) is 3. The number of ether oxygens (including phenoxy) is 2. The Morgan fingerprint density at radius 1 is 1.00 bits per heavy atom. The van der Waals surface area contributed by atoms with Crippen LogP contribution >= 0.6 is 0 Å². The van der Waals surface area contributed by atoms with Gasteiger partial charge in [0.2, 0.25) is 11.8 Å². The molecule has 0 unspecified atom stereocenters. The van der Waals surface area contributed by atoms with Crippen LogP contribution in [0.1, 0.15) is 87.3 Å². The number of nitrogens with zero attached hydrogens (tertiary/aromatic N) is 2. The average molecular weight is 705 g/mol. The lowest BCUT2D eigenvalue weighted by Crippen LogP contribution is -2.56. The minimum Gasteiger partial charge on any atom is -0.479 e. The van der Waals surface area contributed by atoms with Crippen molar-refractivity contribution in [2.24, 2.45) is 5.92 Å². The van der Waals surface area contributed by atoms with Gasteiger partial charge < -0.3 is 35.0 Å². The number of benzene rings is 1. The van der Waals surface area contributed by atoms with Gasteiger partial charge in [-0.1, -0.05) is 37.1 Å². The number of alkyl carbamates (subject to hydrolysis) is 1. The first kappa shape index (κ1) is 35.5. The van der Waals surface area contributed by atoms with Crippen LogP contribution in [0.5, 0.6) is 0 Å². The smallest absolute Gasteiger partial charge is 0.416 e. The van der Waals surface area contributed by atoms with Crippen molar-refractivity contribution < 1.29 is 51.7 Å². The van der Waals surface area contributed by atoms with Gasteiger partial charge in [0.1, 0.15) is 29.8 Å². The van der Waals surface area contributed by atoms with Crippen molar-refractivity contribution in [1.82, 2.24) is 20.4 Å². The van der Waals surface area contributed by atoms with Crippen LogP contribution in [-0.2, 0) is 43.0 Å². The highest BCUT2D eigenvalue weighted by Crippen LogP contribution is 2.45. The van der Waals surface area contributed by atoms with E-state index in [2.05, 4.69) is 10.6 Å². The zero-order chi connectivity index (χ0) is 35.6. The summed E-state index contributed by atoms with van der Waals surface area (Å²) >= 11 is 0. The van der Waals surface area contributed by atoms with Gasteiger partial charge in [0.25, 0.3) is 0 Å². The van der Waals surface area contributed by atoms with Gasteiger partial charge in [-0.05, 0) is 75.0 Å². The highest BCUT2D eigenvalue weighted by Gasteiger charge is 2.61. The number of rotatable bonds is 4. The number of carboxylic acid groups (broad SMARTS) is 1. The monoisotopic (exact) mass is 704 g/mol. The van der Waals surface area contributed by atoms with Gasteiger partial charge >= 0.3 is 24.3 Å². The van der Waals surface area contributed by atoms with Crippen molar-refractivity contribution in [1.29, 1.82) is 0 Å². The molecule has 1 aromatic carbocycles. The van der Waals surface area contributed by atoms with Crippen molar-refractivity contribution in [3.05, 3.63) is 47.0 Å². The molecule has 1 saturated heterocycles. The van der Waals surface area contributed by atoms with E-state index in [-0.39, 0.29) is 57.0 Å². The Morgan fingerprint density at radius 2 is 1.76 bits per heavy atom. The molecule has 0 bridgehead atoms. The van der Waals surface area contributed by atoms with E-state index in [1.54, 1.807) is 12.1 Å². The molecule has 50 heavy (non-hydrogen) atoms. The predicted octanol–water partition coefficient (Wildman–Crippen LogP) is 4.69. The number of alkyl halides is 3. The van der Waals surface area contributed by atoms with E-state index in [9.17, 15) is 42.3 Å². The van der Waals surface area contributed by atoms with Crippen LogP contribution < -0.4 is 10.6 Å². The number of nitrogens with one attached hydrogen (secondary N) is 2. The highest BCUT2D eigenvalue weighted by atomic mass is 19.4. The minimum absolute atomic E-state index is 0.0118. The van der Waals surface area contributed by atoms with E-state index in [0.29, 0.717) is 18.4 Å². The summed E-state index contributed by atoms with van der Waals surface area (Å²) in [4.78, 5) is 69.0. The molecule has 0 spiro atoms. The van der Waals surface area contributed by atoms with Gasteiger partial charge in [0, 0.05) is 25.4 Å². The number of aliphatic carboxylic acids is 1. The summed E-state index contributed by atoms with van der Waals surface area (Å²) in [5.74, 6) is -2.98. The molecule has 3 fully saturated rings. The molecule has 15 heteroatoms. The maximum absolute atomic E-state index is 14.2. The van der Waals surface area contributed by atoms with Crippen molar-refractivity contribution in [3.63, 3.8) is 0 Å². The topological polar surface area (TPSA) is 155 Å². The average Bonchev–Trinajstić information content (AvgIpc) is 3.35. The third-order valence-corrected chi connectivity index (χ3v) is 10.6. The van der Waals surface area contributed by atoms with Crippen LogP contribution in [-0.4, -0.2) is 87.8 Å². The molecular formula is C35H43F3N4O8. The van der Waals surface area contributed by atoms with Gasteiger partial charge in [-0.25, -0.2) is 14.4 Å². The molecule has 272 valence electrons. The predicted molar refractivity (Wildman–Crippen MR) is 170 cm³/mol. The largest absolute Gasteiger partial charge is 0.479 e. The Bertz CT molecular complexity index is 1530. The second-order valence-electron chi connectivity index (χ2n) is 14.0. The molecule has 0 aromatic heterocycles. The lowest BCUT2D eigenvalue weighted by atomic mass is 9.95. The van der Waals surface area contributed by atoms with Gasteiger partial charge in [-0.15, -0.1) is 0 Å². The van der Waals surface area contributed by atoms with Crippen LogP contribution in [0.15, 0.2) is 30.4 Å². The van der Waals surface area contributed by atoms with Crippen LogP contribution in [0, 0.1) is 5.92 Å². The molecule has 3 N–H and O–H groups in total. The Kier molecular flexibility index (Phi) is 10.3. The number of halogens is 3. The van der Waals surface area contributed by atoms with E-state index in [1.165, 1.54) is 15.9 Å². The fourth-order valence-corrected chi connectivity index (χ4v) is 7.70. The van der Waals surface area contributed by atoms with Gasteiger partial charge in [-0.2, -0.15) is 13.2 Å². The lowest BCUT2D eigenvalue weighted by Gasteiger charge is -2.31. The van der Waals surface area contributed by atoms with Gasteiger partial charge in [0.05, 0.1) is 12.1 Å². The highest BCUT2D eigenvalue weighted by molar-refractivity contribution is 5.96. The Balaban J connectivity index is 1.21.